The molecule has 0 saturated carbocycles. The summed E-state index contributed by atoms with van der Waals surface area (Å²) < 4.78 is 0. The lowest BCUT2D eigenvalue weighted by atomic mass is 10.1. The summed E-state index contributed by atoms with van der Waals surface area (Å²) in [4.78, 5) is 8.22. The minimum absolute atomic E-state index is 0.875. The van der Waals surface area contributed by atoms with Crippen molar-refractivity contribution in [3.8, 4) is 0 Å². The van der Waals surface area contributed by atoms with E-state index in [1.165, 1.54) is 9.88 Å². The van der Waals surface area contributed by atoms with Crippen LogP contribution in [0.1, 0.15) is 28.4 Å². The summed E-state index contributed by atoms with van der Waals surface area (Å²) >= 11 is 1.78. The lowest BCUT2D eigenvalue weighted by molar-refractivity contribution is 0.256. The van der Waals surface area contributed by atoms with Crippen molar-refractivity contribution in [3.05, 3.63) is 15.6 Å². The summed E-state index contributed by atoms with van der Waals surface area (Å²) in [6, 6.07) is 0. The Hall–Kier alpha value is -0.940. The van der Waals surface area contributed by atoms with Gasteiger partial charge in [-0.3, -0.25) is 4.90 Å². The SMILES string of the molecule is Cc1nc(CN2CCC(=NO)CC2)sc1C. The number of likely N-dealkylation sites (tertiary alicyclic amines) is 1. The summed E-state index contributed by atoms with van der Waals surface area (Å²) in [5.74, 6) is 0. The molecule has 5 heteroatoms. The van der Waals surface area contributed by atoms with E-state index in [4.69, 9.17) is 5.21 Å². The average Bonchev–Trinajstić information content (AvgIpc) is 2.59. The van der Waals surface area contributed by atoms with Gasteiger partial charge in [-0.15, -0.1) is 11.3 Å². The van der Waals surface area contributed by atoms with Gasteiger partial charge < -0.3 is 5.21 Å². The number of hydrogen-bond acceptors (Lipinski definition) is 5. The summed E-state index contributed by atoms with van der Waals surface area (Å²) in [5.41, 5.74) is 2.07. The first-order chi connectivity index (χ1) is 7.69. The molecule has 88 valence electrons. The van der Waals surface area contributed by atoms with Gasteiger partial charge in [0, 0.05) is 30.8 Å². The Morgan fingerprint density at radius 3 is 2.56 bits per heavy atom. The fourth-order valence-electron chi connectivity index (χ4n) is 1.87. The summed E-state index contributed by atoms with van der Waals surface area (Å²) in [7, 11) is 0. The van der Waals surface area contributed by atoms with E-state index in [9.17, 15) is 0 Å². The number of rotatable bonds is 2. The topological polar surface area (TPSA) is 48.7 Å². The van der Waals surface area contributed by atoms with Gasteiger partial charge in [0.1, 0.15) is 5.01 Å². The molecule has 0 spiro atoms. The largest absolute Gasteiger partial charge is 0.411 e. The number of hydrogen-bond donors (Lipinski definition) is 1. The van der Waals surface area contributed by atoms with Crippen LogP contribution in [0.2, 0.25) is 0 Å². The highest BCUT2D eigenvalue weighted by Gasteiger charge is 2.16. The maximum absolute atomic E-state index is 8.67. The van der Waals surface area contributed by atoms with Gasteiger partial charge >= 0.3 is 0 Å². The van der Waals surface area contributed by atoms with Gasteiger partial charge in [0.25, 0.3) is 0 Å². The van der Waals surface area contributed by atoms with Gasteiger partial charge in [-0.1, -0.05) is 5.16 Å². The van der Waals surface area contributed by atoms with E-state index in [-0.39, 0.29) is 0 Å². The van der Waals surface area contributed by atoms with Crippen LogP contribution in [0.5, 0.6) is 0 Å². The average molecular weight is 239 g/mol. The minimum Gasteiger partial charge on any atom is -0.411 e. The number of thiazole rings is 1. The summed E-state index contributed by atoms with van der Waals surface area (Å²) in [5, 5.41) is 13.1. The Labute approximate surface area is 99.6 Å². The van der Waals surface area contributed by atoms with Crippen LogP contribution in [0.15, 0.2) is 5.16 Å². The monoisotopic (exact) mass is 239 g/mol. The fraction of sp³-hybridized carbons (Fsp3) is 0.636. The molecule has 0 amide bonds. The molecule has 0 aromatic carbocycles. The highest BCUT2D eigenvalue weighted by molar-refractivity contribution is 7.11. The maximum Gasteiger partial charge on any atom is 0.107 e. The zero-order chi connectivity index (χ0) is 11.5. The first kappa shape index (κ1) is 11.5. The van der Waals surface area contributed by atoms with Crippen molar-refractivity contribution in [2.75, 3.05) is 13.1 Å². The van der Waals surface area contributed by atoms with E-state index >= 15 is 0 Å². The van der Waals surface area contributed by atoms with Crippen LogP contribution in [0, 0.1) is 13.8 Å². The van der Waals surface area contributed by atoms with E-state index in [2.05, 4.69) is 28.9 Å². The minimum atomic E-state index is 0.875. The van der Waals surface area contributed by atoms with Crippen molar-refractivity contribution in [1.29, 1.82) is 0 Å². The molecule has 4 nitrogen and oxygen atoms in total. The van der Waals surface area contributed by atoms with Crippen molar-refractivity contribution in [3.63, 3.8) is 0 Å². The standard InChI is InChI=1S/C11H17N3OS/c1-8-9(2)16-11(12-8)7-14-5-3-10(13-15)4-6-14/h15H,3-7H2,1-2H3. The van der Waals surface area contributed by atoms with E-state index in [1.807, 2.05) is 0 Å². The zero-order valence-electron chi connectivity index (χ0n) is 9.73. The van der Waals surface area contributed by atoms with Crippen LogP contribution in [0.3, 0.4) is 0 Å². The Kier molecular flexibility index (Phi) is 3.56. The second kappa shape index (κ2) is 4.93. The molecule has 0 bridgehead atoms. The van der Waals surface area contributed by atoms with Gasteiger partial charge in [-0.05, 0) is 13.8 Å². The first-order valence-electron chi connectivity index (χ1n) is 5.54. The van der Waals surface area contributed by atoms with Gasteiger partial charge in [-0.2, -0.15) is 0 Å². The maximum atomic E-state index is 8.67. The zero-order valence-corrected chi connectivity index (χ0v) is 10.5. The quantitative estimate of drug-likeness (QED) is 0.635. The number of piperidine rings is 1. The van der Waals surface area contributed by atoms with Crippen LogP contribution in [-0.2, 0) is 6.54 Å². The molecule has 1 aromatic heterocycles. The molecular weight excluding hydrogens is 222 g/mol. The van der Waals surface area contributed by atoms with E-state index in [0.717, 1.165) is 43.9 Å². The second-order valence-corrected chi connectivity index (χ2v) is 5.48. The molecule has 1 N–H and O–H groups in total. The molecule has 2 heterocycles. The van der Waals surface area contributed by atoms with Crippen LogP contribution in [0.25, 0.3) is 0 Å². The van der Waals surface area contributed by atoms with Gasteiger partial charge in [-0.25, -0.2) is 4.98 Å². The number of nitrogens with zero attached hydrogens (tertiary/aromatic N) is 3. The van der Waals surface area contributed by atoms with E-state index in [0.29, 0.717) is 0 Å². The molecule has 0 radical (unpaired) electrons. The first-order valence-corrected chi connectivity index (χ1v) is 6.35. The molecule has 1 fully saturated rings. The summed E-state index contributed by atoms with van der Waals surface area (Å²) in [6.07, 6.45) is 1.75. The smallest absolute Gasteiger partial charge is 0.107 e. The molecule has 0 atom stereocenters. The third-order valence-electron chi connectivity index (χ3n) is 3.01. The molecule has 0 unspecified atom stereocenters. The molecule has 1 aromatic rings. The second-order valence-electron chi connectivity index (χ2n) is 4.19. The predicted octanol–water partition coefficient (Wildman–Crippen LogP) is 2.19. The lowest BCUT2D eigenvalue weighted by Crippen LogP contribution is -2.33. The molecular formula is C11H17N3OS. The highest BCUT2D eigenvalue weighted by Crippen LogP contribution is 2.19. The van der Waals surface area contributed by atoms with Crippen LogP contribution < -0.4 is 0 Å². The number of oxime groups is 1. The van der Waals surface area contributed by atoms with Gasteiger partial charge in [0.05, 0.1) is 18.0 Å². The van der Waals surface area contributed by atoms with E-state index < -0.39 is 0 Å². The van der Waals surface area contributed by atoms with Crippen LogP contribution >= 0.6 is 11.3 Å². The molecule has 0 aliphatic carbocycles. The highest BCUT2D eigenvalue weighted by atomic mass is 32.1. The summed E-state index contributed by atoms with van der Waals surface area (Å²) in [6.45, 7) is 7.04. The Morgan fingerprint density at radius 1 is 1.38 bits per heavy atom. The molecule has 1 saturated heterocycles. The Balaban J connectivity index is 1.91. The third kappa shape index (κ3) is 2.59. The molecule has 1 aliphatic rings. The van der Waals surface area contributed by atoms with Crippen molar-refractivity contribution >= 4 is 17.0 Å². The van der Waals surface area contributed by atoms with Crippen molar-refractivity contribution in [2.45, 2.75) is 33.2 Å². The lowest BCUT2D eigenvalue weighted by Gasteiger charge is -2.25. The molecule has 16 heavy (non-hydrogen) atoms. The van der Waals surface area contributed by atoms with Crippen LogP contribution in [-0.4, -0.2) is 33.9 Å². The molecule has 1 aliphatic heterocycles. The predicted molar refractivity (Wildman–Crippen MR) is 65.3 cm³/mol. The van der Waals surface area contributed by atoms with Gasteiger partial charge in [0.15, 0.2) is 0 Å². The van der Waals surface area contributed by atoms with Crippen LogP contribution in [0.4, 0.5) is 0 Å². The van der Waals surface area contributed by atoms with Crippen molar-refractivity contribution in [1.82, 2.24) is 9.88 Å². The Morgan fingerprint density at radius 2 is 2.06 bits per heavy atom. The normalized spacial score (nSPS) is 17.8. The number of aryl methyl sites for hydroxylation is 2. The molecule has 2 rings (SSSR count). The van der Waals surface area contributed by atoms with Crippen molar-refractivity contribution in [2.24, 2.45) is 5.16 Å². The third-order valence-corrected chi connectivity index (χ3v) is 4.06. The Bertz CT molecular complexity index is 370. The van der Waals surface area contributed by atoms with Gasteiger partial charge in [0.2, 0.25) is 0 Å². The van der Waals surface area contributed by atoms with Crippen molar-refractivity contribution < 1.29 is 5.21 Å². The fourth-order valence-corrected chi connectivity index (χ4v) is 2.84. The van der Waals surface area contributed by atoms with E-state index in [1.54, 1.807) is 11.3 Å². The number of aromatic nitrogens is 1.